The topological polar surface area (TPSA) is 99.2 Å². The number of allylic oxidation sites excluding steroid dienone is 1. The zero-order chi connectivity index (χ0) is 12.8. The van der Waals surface area contributed by atoms with Crippen molar-refractivity contribution in [3.8, 4) is 0 Å². The molecule has 0 rings (SSSR count). The van der Waals surface area contributed by atoms with Gasteiger partial charge in [0.15, 0.2) is 0 Å². The highest BCUT2D eigenvalue weighted by Crippen LogP contribution is 2.14. The third kappa shape index (κ3) is 6.13. The maximum Gasteiger partial charge on any atom is 0.323 e. The molecule has 0 bridgehead atoms. The minimum atomic E-state index is -1.41. The van der Waals surface area contributed by atoms with Crippen molar-refractivity contribution in [1.82, 2.24) is 5.32 Å². The Morgan fingerprint density at radius 1 is 1.69 bits per heavy atom. The summed E-state index contributed by atoms with van der Waals surface area (Å²) in [7, 11) is 0. The first-order chi connectivity index (χ1) is 7.25. The Morgan fingerprint density at radius 2 is 2.25 bits per heavy atom. The second kappa shape index (κ2) is 6.22. The van der Waals surface area contributed by atoms with Crippen LogP contribution in [0.1, 0.15) is 26.7 Å². The molecule has 16 heavy (non-hydrogen) atoms. The highest BCUT2D eigenvalue weighted by atomic mass is 19.1. The van der Waals surface area contributed by atoms with E-state index in [9.17, 15) is 9.18 Å². The molecule has 0 aliphatic rings. The van der Waals surface area contributed by atoms with E-state index in [2.05, 4.69) is 5.32 Å². The number of nitrogens with two attached hydrogens (primary N) is 1. The Labute approximate surface area is 94.0 Å². The molecular weight excluding hydrogens is 213 g/mol. The van der Waals surface area contributed by atoms with E-state index in [1.165, 1.54) is 13.0 Å². The van der Waals surface area contributed by atoms with E-state index in [1.807, 2.05) is 0 Å². The van der Waals surface area contributed by atoms with Crippen molar-refractivity contribution in [3.05, 3.63) is 11.9 Å². The number of hydrogen-bond acceptors (Lipinski definition) is 3. The van der Waals surface area contributed by atoms with Crippen molar-refractivity contribution < 1.29 is 14.3 Å². The summed E-state index contributed by atoms with van der Waals surface area (Å²) in [6.45, 7) is 3.12. The molecule has 5 N–H and O–H groups in total. The van der Waals surface area contributed by atoms with Gasteiger partial charge in [-0.15, -0.1) is 0 Å². The number of nitrogens with one attached hydrogen (secondary N) is 2. The molecule has 0 aromatic rings. The van der Waals surface area contributed by atoms with Gasteiger partial charge in [-0.3, -0.25) is 10.2 Å². The fourth-order valence-corrected chi connectivity index (χ4v) is 0.903. The number of rotatable bonds is 6. The molecule has 0 heterocycles. The Hall–Kier alpha value is -1.43. The number of amidine groups is 1. The number of hydrogen-bond donors (Lipinski definition) is 4. The minimum Gasteiger partial charge on any atom is -0.480 e. The summed E-state index contributed by atoms with van der Waals surface area (Å²) in [6, 6.07) is 0. The summed E-state index contributed by atoms with van der Waals surface area (Å²) in [5, 5.41) is 18.3. The van der Waals surface area contributed by atoms with Crippen molar-refractivity contribution in [1.29, 1.82) is 5.41 Å². The van der Waals surface area contributed by atoms with Gasteiger partial charge in [-0.2, -0.15) is 0 Å². The van der Waals surface area contributed by atoms with Crippen molar-refractivity contribution in [2.24, 2.45) is 5.73 Å². The predicted molar refractivity (Wildman–Crippen MR) is 60.1 cm³/mol. The van der Waals surface area contributed by atoms with Crippen LogP contribution in [0.4, 0.5) is 4.39 Å². The third-order valence-corrected chi connectivity index (χ3v) is 2.06. The second-order valence-corrected chi connectivity index (χ2v) is 3.88. The first-order valence-corrected chi connectivity index (χ1v) is 4.91. The summed E-state index contributed by atoms with van der Waals surface area (Å²) in [5.74, 6) is -1.32. The fourth-order valence-electron chi connectivity index (χ4n) is 0.903. The first-order valence-electron chi connectivity index (χ1n) is 4.91. The summed E-state index contributed by atoms with van der Waals surface area (Å²) in [5.41, 5.74) is 4.03. The van der Waals surface area contributed by atoms with E-state index in [1.54, 1.807) is 6.92 Å². The average molecular weight is 231 g/mol. The van der Waals surface area contributed by atoms with Crippen LogP contribution >= 0.6 is 0 Å². The van der Waals surface area contributed by atoms with Gasteiger partial charge in [-0.05, 0) is 26.3 Å². The number of halogens is 1. The Bertz CT molecular complexity index is 300. The summed E-state index contributed by atoms with van der Waals surface area (Å²) < 4.78 is 13.1. The molecule has 6 heteroatoms. The third-order valence-electron chi connectivity index (χ3n) is 2.06. The van der Waals surface area contributed by atoms with Gasteiger partial charge in [-0.25, -0.2) is 4.39 Å². The van der Waals surface area contributed by atoms with Crippen LogP contribution in [-0.2, 0) is 4.79 Å². The lowest BCUT2D eigenvalue weighted by molar-refractivity contribution is -0.142. The molecule has 0 saturated carbocycles. The standard InChI is InChI=1S/C10H18FN3O2/c1-7(12)14-6-4-8(11)3-5-10(2,13)9(15)16/h4H,3,5-6,13H2,1-2H3,(H2,12,14)(H,15,16)/b8-4-/t10-/m0/s1. The molecule has 0 unspecified atom stereocenters. The van der Waals surface area contributed by atoms with Gasteiger partial charge < -0.3 is 16.2 Å². The van der Waals surface area contributed by atoms with Gasteiger partial charge in [0.1, 0.15) is 5.54 Å². The fraction of sp³-hybridized carbons (Fsp3) is 0.600. The molecule has 0 spiro atoms. The van der Waals surface area contributed by atoms with E-state index in [0.29, 0.717) is 0 Å². The quantitative estimate of drug-likeness (QED) is 0.405. The van der Waals surface area contributed by atoms with Crippen molar-refractivity contribution in [3.63, 3.8) is 0 Å². The van der Waals surface area contributed by atoms with Gasteiger partial charge >= 0.3 is 5.97 Å². The monoisotopic (exact) mass is 231 g/mol. The molecule has 0 aliphatic carbocycles. The molecule has 92 valence electrons. The summed E-state index contributed by atoms with van der Waals surface area (Å²) >= 11 is 0. The van der Waals surface area contributed by atoms with Crippen molar-refractivity contribution in [2.75, 3.05) is 6.54 Å². The molecule has 1 atom stereocenters. The van der Waals surface area contributed by atoms with Gasteiger partial charge in [0.25, 0.3) is 0 Å². The predicted octanol–water partition coefficient (Wildman–Crippen LogP) is 1.01. The van der Waals surface area contributed by atoms with Crippen LogP contribution in [0.15, 0.2) is 11.9 Å². The number of carbonyl (C=O) groups is 1. The van der Waals surface area contributed by atoms with Gasteiger partial charge in [0.05, 0.1) is 11.7 Å². The van der Waals surface area contributed by atoms with Crippen LogP contribution in [0.5, 0.6) is 0 Å². The highest BCUT2D eigenvalue weighted by Gasteiger charge is 2.27. The van der Waals surface area contributed by atoms with Gasteiger partial charge in [-0.1, -0.05) is 0 Å². The van der Waals surface area contributed by atoms with Crippen LogP contribution in [0.3, 0.4) is 0 Å². The molecule has 0 aliphatic heterocycles. The molecular formula is C10H18FN3O2. The van der Waals surface area contributed by atoms with Gasteiger partial charge in [0.2, 0.25) is 0 Å². The molecule has 0 aromatic heterocycles. The SMILES string of the molecule is CC(=N)NC/C=C(\F)CC[C@](C)(N)C(=O)O. The molecule has 0 fully saturated rings. The largest absolute Gasteiger partial charge is 0.480 e. The van der Waals surface area contributed by atoms with E-state index < -0.39 is 17.3 Å². The Morgan fingerprint density at radius 3 is 2.69 bits per heavy atom. The maximum absolute atomic E-state index is 13.1. The zero-order valence-corrected chi connectivity index (χ0v) is 9.51. The summed E-state index contributed by atoms with van der Waals surface area (Å²) in [6.07, 6.45) is 1.29. The highest BCUT2D eigenvalue weighted by molar-refractivity contribution is 5.77. The molecule has 0 aromatic carbocycles. The number of carboxylic acid groups (broad SMARTS) is 1. The first kappa shape index (κ1) is 14.6. The molecule has 0 radical (unpaired) electrons. The van der Waals surface area contributed by atoms with E-state index in [4.69, 9.17) is 16.2 Å². The van der Waals surface area contributed by atoms with Crippen LogP contribution in [0.25, 0.3) is 0 Å². The Balaban J connectivity index is 4.01. The van der Waals surface area contributed by atoms with Crippen molar-refractivity contribution in [2.45, 2.75) is 32.2 Å². The van der Waals surface area contributed by atoms with Crippen molar-refractivity contribution >= 4 is 11.8 Å². The van der Waals surface area contributed by atoms with Crippen LogP contribution in [0, 0.1) is 5.41 Å². The lowest BCUT2D eigenvalue weighted by atomic mass is 9.97. The van der Waals surface area contributed by atoms with Crippen LogP contribution in [-0.4, -0.2) is 29.0 Å². The summed E-state index contributed by atoms with van der Waals surface area (Å²) in [4.78, 5) is 10.6. The lowest BCUT2D eigenvalue weighted by Gasteiger charge is -2.18. The van der Waals surface area contributed by atoms with Gasteiger partial charge in [0, 0.05) is 13.0 Å². The van der Waals surface area contributed by atoms with Crippen LogP contribution in [0.2, 0.25) is 0 Å². The smallest absolute Gasteiger partial charge is 0.323 e. The van der Waals surface area contributed by atoms with E-state index >= 15 is 0 Å². The molecule has 0 amide bonds. The normalized spacial score (nSPS) is 15.4. The second-order valence-electron chi connectivity index (χ2n) is 3.88. The molecule has 5 nitrogen and oxygen atoms in total. The Kier molecular flexibility index (Phi) is 5.66. The molecule has 0 saturated heterocycles. The number of aliphatic carboxylic acids is 1. The van der Waals surface area contributed by atoms with Crippen LogP contribution < -0.4 is 11.1 Å². The zero-order valence-electron chi connectivity index (χ0n) is 9.51. The average Bonchev–Trinajstić information content (AvgIpc) is 2.14. The minimum absolute atomic E-state index is 0.0158. The number of carboxylic acids is 1. The van der Waals surface area contributed by atoms with E-state index in [-0.39, 0.29) is 25.2 Å². The lowest BCUT2D eigenvalue weighted by Crippen LogP contribution is -2.44. The maximum atomic E-state index is 13.1. The van der Waals surface area contributed by atoms with E-state index in [0.717, 1.165) is 0 Å².